The molecular weight excluding hydrogens is 244 g/mol. The van der Waals surface area contributed by atoms with E-state index in [4.69, 9.17) is 4.74 Å². The van der Waals surface area contributed by atoms with Crippen LogP contribution in [0.2, 0.25) is 0 Å². The van der Waals surface area contributed by atoms with Crippen LogP contribution in [0.25, 0.3) is 0 Å². The van der Waals surface area contributed by atoms with Crippen LogP contribution in [-0.2, 0) is 14.3 Å². The first-order chi connectivity index (χ1) is 8.85. The Labute approximate surface area is 112 Å². The maximum absolute atomic E-state index is 11.9. The lowest BCUT2D eigenvalue weighted by molar-refractivity contribution is -0.143. The number of aliphatic hydroxyl groups is 1. The van der Waals surface area contributed by atoms with Gasteiger partial charge in [-0.2, -0.15) is 0 Å². The molecular formula is C15H18O4. The van der Waals surface area contributed by atoms with Gasteiger partial charge in [0.05, 0.1) is 12.0 Å². The van der Waals surface area contributed by atoms with E-state index in [0.29, 0.717) is 12.0 Å². The SMILES string of the molecule is CC1=C2C3OC(=O)C(C)C3C(O)C[C@@]2(C)C=CC1=O. The molecule has 0 aromatic carbocycles. The second-order valence-corrected chi connectivity index (χ2v) is 6.15. The molecule has 4 unspecified atom stereocenters. The van der Waals surface area contributed by atoms with Gasteiger partial charge in [-0.05, 0) is 25.0 Å². The smallest absolute Gasteiger partial charge is 0.309 e. The van der Waals surface area contributed by atoms with Crippen molar-refractivity contribution >= 4 is 11.8 Å². The number of allylic oxidation sites excluding steroid dienone is 3. The molecule has 102 valence electrons. The minimum atomic E-state index is -0.578. The molecule has 0 aromatic rings. The molecule has 0 spiro atoms. The number of esters is 1. The van der Waals surface area contributed by atoms with Gasteiger partial charge < -0.3 is 9.84 Å². The van der Waals surface area contributed by atoms with Crippen LogP contribution in [-0.4, -0.2) is 29.1 Å². The largest absolute Gasteiger partial charge is 0.457 e. The zero-order chi connectivity index (χ0) is 13.9. The summed E-state index contributed by atoms with van der Waals surface area (Å²) in [5, 5.41) is 10.4. The van der Waals surface area contributed by atoms with Gasteiger partial charge in [0.1, 0.15) is 6.10 Å². The van der Waals surface area contributed by atoms with Gasteiger partial charge in [0, 0.05) is 16.9 Å². The molecule has 0 bridgehead atoms. The molecule has 1 aliphatic heterocycles. The summed E-state index contributed by atoms with van der Waals surface area (Å²) in [4.78, 5) is 23.7. The first-order valence-electron chi connectivity index (χ1n) is 6.68. The topological polar surface area (TPSA) is 63.6 Å². The van der Waals surface area contributed by atoms with E-state index in [9.17, 15) is 14.7 Å². The molecule has 2 fully saturated rings. The molecule has 1 saturated heterocycles. The quantitative estimate of drug-likeness (QED) is 0.670. The zero-order valence-electron chi connectivity index (χ0n) is 11.3. The van der Waals surface area contributed by atoms with Crippen LogP contribution < -0.4 is 0 Å². The van der Waals surface area contributed by atoms with Crippen LogP contribution >= 0.6 is 0 Å². The lowest BCUT2D eigenvalue weighted by atomic mass is 9.60. The average molecular weight is 262 g/mol. The Kier molecular flexibility index (Phi) is 2.52. The average Bonchev–Trinajstić information content (AvgIpc) is 2.61. The van der Waals surface area contributed by atoms with Crippen LogP contribution in [0, 0.1) is 17.3 Å². The molecule has 2 aliphatic carbocycles. The number of hydrogen-bond acceptors (Lipinski definition) is 4. The van der Waals surface area contributed by atoms with Crippen molar-refractivity contribution in [1.82, 2.24) is 0 Å². The number of aliphatic hydroxyl groups excluding tert-OH is 1. The van der Waals surface area contributed by atoms with Crippen molar-refractivity contribution in [3.63, 3.8) is 0 Å². The summed E-state index contributed by atoms with van der Waals surface area (Å²) in [6.07, 6.45) is 2.90. The Bertz CT molecular complexity index is 530. The summed E-state index contributed by atoms with van der Waals surface area (Å²) in [7, 11) is 0. The van der Waals surface area contributed by atoms with Gasteiger partial charge in [0.2, 0.25) is 0 Å². The van der Waals surface area contributed by atoms with Crippen molar-refractivity contribution in [2.24, 2.45) is 17.3 Å². The first-order valence-corrected chi connectivity index (χ1v) is 6.68. The van der Waals surface area contributed by atoms with E-state index in [2.05, 4.69) is 0 Å². The fourth-order valence-corrected chi connectivity index (χ4v) is 3.84. The van der Waals surface area contributed by atoms with E-state index < -0.39 is 12.2 Å². The van der Waals surface area contributed by atoms with Crippen LogP contribution in [0.1, 0.15) is 27.2 Å². The van der Waals surface area contributed by atoms with Gasteiger partial charge in [-0.15, -0.1) is 0 Å². The Balaban J connectivity index is 2.14. The van der Waals surface area contributed by atoms with Gasteiger partial charge in [-0.1, -0.05) is 19.9 Å². The predicted molar refractivity (Wildman–Crippen MR) is 68.1 cm³/mol. The third kappa shape index (κ3) is 1.56. The normalized spacial score (nSPS) is 45.1. The van der Waals surface area contributed by atoms with Crippen LogP contribution in [0.5, 0.6) is 0 Å². The van der Waals surface area contributed by atoms with Gasteiger partial charge in [-0.3, -0.25) is 9.59 Å². The number of fused-ring (bicyclic) bond motifs is 3. The van der Waals surface area contributed by atoms with Crippen molar-refractivity contribution in [3.8, 4) is 0 Å². The maximum atomic E-state index is 11.9. The summed E-state index contributed by atoms with van der Waals surface area (Å²) in [6.45, 7) is 5.56. The summed E-state index contributed by atoms with van der Waals surface area (Å²) >= 11 is 0. The van der Waals surface area contributed by atoms with Gasteiger partial charge in [0.15, 0.2) is 5.78 Å². The first kappa shape index (κ1) is 12.6. The highest BCUT2D eigenvalue weighted by Gasteiger charge is 2.56. The molecule has 1 heterocycles. The van der Waals surface area contributed by atoms with Gasteiger partial charge >= 0.3 is 5.97 Å². The van der Waals surface area contributed by atoms with Crippen LogP contribution in [0.3, 0.4) is 0 Å². The highest BCUT2D eigenvalue weighted by Crippen LogP contribution is 2.52. The summed E-state index contributed by atoms with van der Waals surface area (Å²) < 4.78 is 5.46. The van der Waals surface area contributed by atoms with Gasteiger partial charge in [-0.25, -0.2) is 0 Å². The standard InChI is InChI=1S/C15H18O4/c1-7-9(16)4-5-15(3)6-10(17)11-8(2)14(18)19-13(11)12(7)15/h4-5,8,10-11,13,17H,6H2,1-3H3/t8?,10?,11?,13?,15-/m1/s1. The van der Waals surface area contributed by atoms with Crippen molar-refractivity contribution < 1.29 is 19.4 Å². The summed E-state index contributed by atoms with van der Waals surface area (Å²) in [6, 6.07) is 0. The summed E-state index contributed by atoms with van der Waals surface area (Å²) in [5.74, 6) is -0.852. The minimum Gasteiger partial charge on any atom is -0.457 e. The molecule has 3 aliphatic rings. The Hall–Kier alpha value is -1.42. The molecule has 0 radical (unpaired) electrons. The number of hydrogen-bond donors (Lipinski definition) is 1. The molecule has 4 heteroatoms. The molecule has 1 saturated carbocycles. The number of ether oxygens (including phenoxy) is 1. The number of carbonyl (C=O) groups excluding carboxylic acids is 2. The monoisotopic (exact) mass is 262 g/mol. The lowest BCUT2D eigenvalue weighted by Gasteiger charge is -2.45. The van der Waals surface area contributed by atoms with E-state index in [-0.39, 0.29) is 29.0 Å². The highest BCUT2D eigenvalue weighted by atomic mass is 16.6. The Morgan fingerprint density at radius 1 is 1.42 bits per heavy atom. The van der Waals surface area contributed by atoms with Crippen LogP contribution in [0.15, 0.2) is 23.3 Å². The Morgan fingerprint density at radius 2 is 2.11 bits per heavy atom. The maximum Gasteiger partial charge on any atom is 0.309 e. The molecule has 4 nitrogen and oxygen atoms in total. The number of ketones is 1. The lowest BCUT2D eigenvalue weighted by Crippen LogP contribution is -2.47. The van der Waals surface area contributed by atoms with E-state index in [1.54, 1.807) is 19.9 Å². The number of carbonyl (C=O) groups is 2. The van der Waals surface area contributed by atoms with E-state index in [1.165, 1.54) is 0 Å². The molecule has 19 heavy (non-hydrogen) atoms. The second kappa shape index (κ2) is 3.79. The van der Waals surface area contributed by atoms with Crippen LogP contribution in [0.4, 0.5) is 0 Å². The van der Waals surface area contributed by atoms with E-state index in [0.717, 1.165) is 5.57 Å². The van der Waals surface area contributed by atoms with Crippen molar-refractivity contribution in [3.05, 3.63) is 23.3 Å². The molecule has 0 amide bonds. The van der Waals surface area contributed by atoms with E-state index >= 15 is 0 Å². The van der Waals surface area contributed by atoms with Crippen molar-refractivity contribution in [2.75, 3.05) is 0 Å². The fraction of sp³-hybridized carbons (Fsp3) is 0.600. The zero-order valence-corrected chi connectivity index (χ0v) is 11.3. The minimum absolute atomic E-state index is 0.0294. The third-order valence-electron chi connectivity index (χ3n) is 4.90. The van der Waals surface area contributed by atoms with E-state index in [1.807, 2.05) is 13.0 Å². The number of rotatable bonds is 0. The Morgan fingerprint density at radius 3 is 2.79 bits per heavy atom. The molecule has 3 rings (SSSR count). The molecule has 5 atom stereocenters. The third-order valence-corrected chi connectivity index (χ3v) is 4.90. The molecule has 1 N–H and O–H groups in total. The highest BCUT2D eigenvalue weighted by molar-refractivity contribution is 6.05. The van der Waals surface area contributed by atoms with Crippen molar-refractivity contribution in [2.45, 2.75) is 39.4 Å². The summed E-state index contributed by atoms with van der Waals surface area (Å²) in [5.41, 5.74) is 1.16. The predicted octanol–water partition coefficient (Wildman–Crippen LogP) is 1.39. The second-order valence-electron chi connectivity index (χ2n) is 6.15. The fourth-order valence-electron chi connectivity index (χ4n) is 3.84. The molecule has 0 aromatic heterocycles. The van der Waals surface area contributed by atoms with Crippen molar-refractivity contribution in [1.29, 1.82) is 0 Å². The van der Waals surface area contributed by atoms with Gasteiger partial charge in [0.25, 0.3) is 0 Å².